The fourth-order valence-corrected chi connectivity index (χ4v) is 2.34. The first-order chi connectivity index (χ1) is 5.34. The van der Waals surface area contributed by atoms with Crippen LogP contribution in [0.25, 0.3) is 0 Å². The molecule has 2 aliphatic rings. The Balaban J connectivity index is 1.66. The Labute approximate surface area is 69.0 Å². The number of hydrogen-bond acceptors (Lipinski definition) is 2. The molecule has 0 saturated carbocycles. The smallest absolute Gasteiger partial charge is 0.00711 e. The first-order valence-corrected chi connectivity index (χ1v) is 4.76. The highest BCUT2D eigenvalue weighted by Crippen LogP contribution is 2.21. The summed E-state index contributed by atoms with van der Waals surface area (Å²) in [7, 11) is 2.21. The third-order valence-electron chi connectivity index (χ3n) is 2.92. The molecule has 0 bridgehead atoms. The predicted octanol–water partition coefficient (Wildman–Crippen LogP) is 0.690. The minimum absolute atomic E-state index is 0.855. The second-order valence-electron chi connectivity index (χ2n) is 4.12. The lowest BCUT2D eigenvalue weighted by atomic mass is 9.92. The highest BCUT2D eigenvalue weighted by Gasteiger charge is 2.27. The quantitative estimate of drug-likeness (QED) is 0.629. The van der Waals surface area contributed by atoms with E-state index in [-0.39, 0.29) is 0 Å². The summed E-state index contributed by atoms with van der Waals surface area (Å²) in [5, 5.41) is 3.55. The van der Waals surface area contributed by atoms with Gasteiger partial charge in [-0.2, -0.15) is 0 Å². The normalized spacial score (nSPS) is 34.1. The van der Waals surface area contributed by atoms with Crippen molar-refractivity contribution < 1.29 is 0 Å². The summed E-state index contributed by atoms with van der Waals surface area (Å²) in [5.74, 6) is 0.996. The minimum atomic E-state index is 0.855. The molecule has 0 amide bonds. The van der Waals surface area contributed by atoms with Gasteiger partial charge in [-0.1, -0.05) is 0 Å². The van der Waals surface area contributed by atoms with Gasteiger partial charge in [0, 0.05) is 19.1 Å². The third kappa shape index (κ3) is 1.74. The minimum Gasteiger partial charge on any atom is -0.314 e. The molecule has 64 valence electrons. The number of hydrogen-bond donors (Lipinski definition) is 1. The standard InChI is InChI=1S/C9H18N2/c1-11-6-8(7-11)5-9-3-2-4-10-9/h8-10H,2-7H2,1H3. The topological polar surface area (TPSA) is 15.3 Å². The van der Waals surface area contributed by atoms with E-state index in [1.807, 2.05) is 0 Å². The van der Waals surface area contributed by atoms with Gasteiger partial charge in [0.15, 0.2) is 0 Å². The van der Waals surface area contributed by atoms with Crippen molar-refractivity contribution in [1.82, 2.24) is 10.2 Å². The summed E-state index contributed by atoms with van der Waals surface area (Å²) in [6.07, 6.45) is 4.23. The Hall–Kier alpha value is -0.0800. The highest BCUT2D eigenvalue weighted by atomic mass is 15.2. The van der Waals surface area contributed by atoms with Gasteiger partial charge in [0.1, 0.15) is 0 Å². The molecular formula is C9H18N2. The molecule has 0 aromatic heterocycles. The second-order valence-corrected chi connectivity index (χ2v) is 4.12. The SMILES string of the molecule is CN1CC(CC2CCCN2)C1. The van der Waals surface area contributed by atoms with E-state index in [9.17, 15) is 0 Å². The van der Waals surface area contributed by atoms with Gasteiger partial charge in [-0.25, -0.2) is 0 Å². The lowest BCUT2D eigenvalue weighted by Crippen LogP contribution is -2.46. The van der Waals surface area contributed by atoms with E-state index < -0.39 is 0 Å². The van der Waals surface area contributed by atoms with Crippen LogP contribution >= 0.6 is 0 Å². The van der Waals surface area contributed by atoms with Crippen molar-refractivity contribution in [2.75, 3.05) is 26.7 Å². The molecule has 1 atom stereocenters. The van der Waals surface area contributed by atoms with E-state index in [4.69, 9.17) is 0 Å². The van der Waals surface area contributed by atoms with Crippen molar-refractivity contribution in [2.45, 2.75) is 25.3 Å². The van der Waals surface area contributed by atoms with Gasteiger partial charge in [-0.3, -0.25) is 0 Å². The maximum Gasteiger partial charge on any atom is 0.00711 e. The van der Waals surface area contributed by atoms with Gasteiger partial charge < -0.3 is 10.2 Å². The summed E-state index contributed by atoms with van der Waals surface area (Å²) < 4.78 is 0. The summed E-state index contributed by atoms with van der Waals surface area (Å²) >= 11 is 0. The maximum atomic E-state index is 3.55. The van der Waals surface area contributed by atoms with Gasteiger partial charge in [0.2, 0.25) is 0 Å². The van der Waals surface area contributed by atoms with Crippen molar-refractivity contribution in [3.8, 4) is 0 Å². The molecule has 0 aliphatic carbocycles. The summed E-state index contributed by atoms with van der Waals surface area (Å²) in [6, 6.07) is 0.855. The van der Waals surface area contributed by atoms with Crippen molar-refractivity contribution in [3.05, 3.63) is 0 Å². The van der Waals surface area contributed by atoms with Crippen molar-refractivity contribution in [3.63, 3.8) is 0 Å². The fraction of sp³-hybridized carbons (Fsp3) is 1.00. The van der Waals surface area contributed by atoms with Crippen LogP contribution in [0.5, 0.6) is 0 Å². The maximum absolute atomic E-state index is 3.55. The lowest BCUT2D eigenvalue weighted by molar-refractivity contribution is 0.118. The molecule has 2 rings (SSSR count). The molecule has 2 saturated heterocycles. The Morgan fingerprint density at radius 2 is 2.27 bits per heavy atom. The second kappa shape index (κ2) is 3.11. The first kappa shape index (κ1) is 7.56. The van der Waals surface area contributed by atoms with Gasteiger partial charge in [0.05, 0.1) is 0 Å². The molecule has 2 fully saturated rings. The van der Waals surface area contributed by atoms with Crippen LogP contribution in [0.3, 0.4) is 0 Å². The van der Waals surface area contributed by atoms with E-state index in [1.165, 1.54) is 38.9 Å². The van der Waals surface area contributed by atoms with Crippen LogP contribution in [0.1, 0.15) is 19.3 Å². The van der Waals surface area contributed by atoms with E-state index in [1.54, 1.807) is 0 Å². The predicted molar refractivity (Wildman–Crippen MR) is 46.6 cm³/mol. The van der Waals surface area contributed by atoms with Gasteiger partial charge in [0.25, 0.3) is 0 Å². The summed E-state index contributed by atoms with van der Waals surface area (Å²) in [5.41, 5.74) is 0. The van der Waals surface area contributed by atoms with Crippen LogP contribution in [0.4, 0.5) is 0 Å². The Morgan fingerprint density at radius 3 is 2.82 bits per heavy atom. The number of rotatable bonds is 2. The molecule has 2 nitrogen and oxygen atoms in total. The Morgan fingerprint density at radius 1 is 1.45 bits per heavy atom. The van der Waals surface area contributed by atoms with Crippen LogP contribution in [0.15, 0.2) is 0 Å². The molecule has 2 aliphatic heterocycles. The van der Waals surface area contributed by atoms with E-state index in [2.05, 4.69) is 17.3 Å². The molecule has 0 aromatic rings. The molecular weight excluding hydrogens is 136 g/mol. The van der Waals surface area contributed by atoms with Gasteiger partial charge in [-0.05, 0) is 38.8 Å². The van der Waals surface area contributed by atoms with Crippen LogP contribution < -0.4 is 5.32 Å². The van der Waals surface area contributed by atoms with Crippen molar-refractivity contribution in [2.24, 2.45) is 5.92 Å². The fourth-order valence-electron chi connectivity index (χ4n) is 2.34. The van der Waals surface area contributed by atoms with Crippen molar-refractivity contribution >= 4 is 0 Å². The largest absolute Gasteiger partial charge is 0.314 e. The van der Waals surface area contributed by atoms with E-state index in [0.717, 1.165) is 12.0 Å². The summed E-state index contributed by atoms with van der Waals surface area (Å²) in [6.45, 7) is 3.92. The molecule has 2 heterocycles. The van der Waals surface area contributed by atoms with Crippen molar-refractivity contribution in [1.29, 1.82) is 0 Å². The van der Waals surface area contributed by atoms with E-state index in [0.29, 0.717) is 0 Å². The Bertz CT molecular complexity index is 124. The molecule has 0 aromatic carbocycles. The van der Waals surface area contributed by atoms with Crippen LogP contribution in [0, 0.1) is 5.92 Å². The Kier molecular flexibility index (Phi) is 2.14. The van der Waals surface area contributed by atoms with E-state index >= 15 is 0 Å². The number of nitrogens with one attached hydrogen (secondary N) is 1. The number of nitrogens with zero attached hydrogens (tertiary/aromatic N) is 1. The van der Waals surface area contributed by atoms with Gasteiger partial charge in [-0.15, -0.1) is 0 Å². The molecule has 1 unspecified atom stereocenters. The lowest BCUT2D eigenvalue weighted by Gasteiger charge is -2.37. The first-order valence-electron chi connectivity index (χ1n) is 4.76. The molecule has 0 radical (unpaired) electrons. The molecule has 11 heavy (non-hydrogen) atoms. The molecule has 2 heteroatoms. The number of likely N-dealkylation sites (tertiary alicyclic amines) is 1. The average Bonchev–Trinajstić information content (AvgIpc) is 2.36. The van der Waals surface area contributed by atoms with Crippen LogP contribution in [-0.4, -0.2) is 37.6 Å². The van der Waals surface area contributed by atoms with Crippen LogP contribution in [-0.2, 0) is 0 Å². The van der Waals surface area contributed by atoms with Gasteiger partial charge >= 0.3 is 0 Å². The summed E-state index contributed by atoms with van der Waals surface area (Å²) in [4.78, 5) is 2.40. The highest BCUT2D eigenvalue weighted by molar-refractivity contribution is 4.84. The molecule has 1 N–H and O–H groups in total. The molecule has 0 spiro atoms. The average molecular weight is 154 g/mol. The monoisotopic (exact) mass is 154 g/mol. The third-order valence-corrected chi connectivity index (χ3v) is 2.92. The zero-order valence-corrected chi connectivity index (χ0v) is 7.34. The van der Waals surface area contributed by atoms with Crippen LogP contribution in [0.2, 0.25) is 0 Å². The zero-order valence-electron chi connectivity index (χ0n) is 7.34. The zero-order chi connectivity index (χ0) is 7.68.